The second-order valence-corrected chi connectivity index (χ2v) is 8.65. The van der Waals surface area contributed by atoms with Gasteiger partial charge in [0.25, 0.3) is 10.0 Å². The first-order valence-corrected chi connectivity index (χ1v) is 8.80. The van der Waals surface area contributed by atoms with Crippen molar-refractivity contribution in [3.05, 3.63) is 33.2 Å². The lowest BCUT2D eigenvalue weighted by molar-refractivity contribution is 0.601. The molecule has 2 heterocycles. The van der Waals surface area contributed by atoms with Gasteiger partial charge in [-0.15, -0.1) is 11.3 Å². The summed E-state index contributed by atoms with van der Waals surface area (Å²) < 4.78 is 28.3. The maximum atomic E-state index is 12.4. The quantitative estimate of drug-likeness (QED) is 0.891. The number of aromatic nitrogens is 1. The number of hydrogen-bond acceptors (Lipinski definition) is 5. The Kier molecular flexibility index (Phi) is 4.36. The van der Waals surface area contributed by atoms with E-state index in [1.807, 2.05) is 19.0 Å². The van der Waals surface area contributed by atoms with Crippen LogP contribution in [0.1, 0.15) is 4.88 Å². The van der Waals surface area contributed by atoms with Crippen LogP contribution in [0.3, 0.4) is 0 Å². The molecular formula is C12H14BrN3O2S2. The summed E-state index contributed by atoms with van der Waals surface area (Å²) in [6, 6.07) is 3.36. The average Bonchev–Trinajstić information content (AvgIpc) is 2.69. The van der Waals surface area contributed by atoms with Gasteiger partial charge in [-0.25, -0.2) is 8.42 Å². The lowest BCUT2D eigenvalue weighted by Gasteiger charge is -2.17. The zero-order chi connectivity index (χ0) is 14.9. The van der Waals surface area contributed by atoms with Crippen LogP contribution in [0.4, 0.5) is 11.4 Å². The molecule has 0 saturated carbocycles. The molecule has 108 valence electrons. The van der Waals surface area contributed by atoms with Crippen LogP contribution in [0.25, 0.3) is 0 Å². The number of halogens is 1. The van der Waals surface area contributed by atoms with Gasteiger partial charge in [-0.05, 0) is 35.0 Å². The molecule has 0 spiro atoms. The number of nitrogens with one attached hydrogen (secondary N) is 1. The Bertz CT molecular complexity index is 726. The molecule has 5 nitrogen and oxygen atoms in total. The standard InChI is InChI=1S/C12H14BrN3O2S2/c1-8-11(6-12(13)19-8)20(17,18)15-9-7-14-5-4-10(9)16(2)3/h4-7,15H,1-3H3. The molecule has 0 amide bonds. The first-order valence-electron chi connectivity index (χ1n) is 5.71. The van der Waals surface area contributed by atoms with Gasteiger partial charge in [0.05, 0.1) is 21.4 Å². The Hall–Kier alpha value is -1.12. The highest BCUT2D eigenvalue weighted by Gasteiger charge is 2.21. The second-order valence-electron chi connectivity index (χ2n) is 4.36. The van der Waals surface area contributed by atoms with Crippen LogP contribution < -0.4 is 9.62 Å². The molecule has 2 rings (SSSR count). The molecule has 0 bridgehead atoms. The fraction of sp³-hybridized carbons (Fsp3) is 0.250. The van der Waals surface area contributed by atoms with Crippen LogP contribution in [0, 0.1) is 6.92 Å². The van der Waals surface area contributed by atoms with E-state index >= 15 is 0 Å². The van der Waals surface area contributed by atoms with Crippen molar-refractivity contribution in [2.45, 2.75) is 11.8 Å². The third kappa shape index (κ3) is 3.13. The Morgan fingerprint density at radius 1 is 1.40 bits per heavy atom. The fourth-order valence-electron chi connectivity index (χ4n) is 1.75. The van der Waals surface area contributed by atoms with Gasteiger partial charge in [0.1, 0.15) is 4.90 Å². The van der Waals surface area contributed by atoms with E-state index in [1.165, 1.54) is 17.5 Å². The summed E-state index contributed by atoms with van der Waals surface area (Å²) >= 11 is 4.69. The molecule has 0 aliphatic heterocycles. The van der Waals surface area contributed by atoms with Gasteiger partial charge in [-0.3, -0.25) is 9.71 Å². The molecule has 2 aromatic heterocycles. The van der Waals surface area contributed by atoms with Crippen molar-refractivity contribution in [1.82, 2.24) is 4.98 Å². The Morgan fingerprint density at radius 2 is 2.10 bits per heavy atom. The molecule has 1 N–H and O–H groups in total. The molecule has 0 fully saturated rings. The molecule has 2 aromatic rings. The summed E-state index contributed by atoms with van der Waals surface area (Å²) in [5, 5.41) is 0. The molecule has 8 heteroatoms. The smallest absolute Gasteiger partial charge is 0.263 e. The molecular weight excluding hydrogens is 362 g/mol. The van der Waals surface area contributed by atoms with Crippen LogP contribution in [0.15, 0.2) is 33.2 Å². The minimum absolute atomic E-state index is 0.280. The lowest BCUT2D eigenvalue weighted by atomic mass is 10.3. The van der Waals surface area contributed by atoms with Crippen molar-refractivity contribution in [2.24, 2.45) is 0 Å². The summed E-state index contributed by atoms with van der Waals surface area (Å²) in [7, 11) is 0.0781. The average molecular weight is 376 g/mol. The number of thiophene rings is 1. The molecule has 0 aromatic carbocycles. The van der Waals surface area contributed by atoms with Crippen molar-refractivity contribution in [3.8, 4) is 0 Å². The summed E-state index contributed by atoms with van der Waals surface area (Å²) in [5.74, 6) is 0. The number of pyridine rings is 1. The van der Waals surface area contributed by atoms with E-state index in [4.69, 9.17) is 0 Å². The van der Waals surface area contributed by atoms with Crippen molar-refractivity contribution in [2.75, 3.05) is 23.7 Å². The highest BCUT2D eigenvalue weighted by atomic mass is 79.9. The SMILES string of the molecule is Cc1sc(Br)cc1S(=O)(=O)Nc1cnccc1N(C)C. The summed E-state index contributed by atoms with van der Waals surface area (Å²) in [6.45, 7) is 1.78. The van der Waals surface area contributed by atoms with Crippen molar-refractivity contribution < 1.29 is 8.42 Å². The summed E-state index contributed by atoms with van der Waals surface area (Å²) in [6.07, 6.45) is 3.13. The van der Waals surface area contributed by atoms with Gasteiger partial charge < -0.3 is 4.90 Å². The van der Waals surface area contributed by atoms with Gasteiger partial charge in [0.15, 0.2) is 0 Å². The van der Waals surface area contributed by atoms with E-state index in [-0.39, 0.29) is 4.90 Å². The third-order valence-corrected chi connectivity index (χ3v) is 5.83. The zero-order valence-electron chi connectivity index (χ0n) is 11.2. The maximum Gasteiger partial charge on any atom is 0.263 e. The van der Waals surface area contributed by atoms with Gasteiger partial charge >= 0.3 is 0 Å². The van der Waals surface area contributed by atoms with Gasteiger partial charge in [-0.1, -0.05) is 0 Å². The zero-order valence-corrected chi connectivity index (χ0v) is 14.4. The minimum atomic E-state index is -3.62. The van der Waals surface area contributed by atoms with Crippen LogP contribution in [-0.2, 0) is 10.0 Å². The Balaban J connectivity index is 2.41. The number of anilines is 2. The largest absolute Gasteiger partial charge is 0.376 e. The number of sulfonamides is 1. The van der Waals surface area contributed by atoms with Gasteiger partial charge in [0.2, 0.25) is 0 Å². The summed E-state index contributed by atoms with van der Waals surface area (Å²) in [4.78, 5) is 6.82. The van der Waals surface area contributed by atoms with Crippen molar-refractivity contribution in [1.29, 1.82) is 0 Å². The molecule has 0 atom stereocenters. The normalized spacial score (nSPS) is 11.4. The first kappa shape index (κ1) is 15.3. The Labute approximate surface area is 130 Å². The Morgan fingerprint density at radius 3 is 2.65 bits per heavy atom. The molecule has 0 aliphatic carbocycles. The van der Waals surface area contributed by atoms with Gasteiger partial charge in [-0.2, -0.15) is 0 Å². The van der Waals surface area contributed by atoms with E-state index < -0.39 is 10.0 Å². The molecule has 0 unspecified atom stereocenters. The summed E-state index contributed by atoms with van der Waals surface area (Å²) in [5.41, 5.74) is 1.22. The van der Waals surface area contributed by atoms with E-state index in [9.17, 15) is 8.42 Å². The van der Waals surface area contributed by atoms with E-state index in [0.29, 0.717) is 5.69 Å². The van der Waals surface area contributed by atoms with E-state index in [2.05, 4.69) is 25.6 Å². The second kappa shape index (κ2) is 5.71. The number of aryl methyl sites for hydroxylation is 1. The number of hydrogen-bond donors (Lipinski definition) is 1. The van der Waals surface area contributed by atoms with Crippen LogP contribution in [0.5, 0.6) is 0 Å². The highest BCUT2D eigenvalue weighted by Crippen LogP contribution is 2.32. The van der Waals surface area contributed by atoms with E-state index in [0.717, 1.165) is 14.4 Å². The van der Waals surface area contributed by atoms with Crippen molar-refractivity contribution in [3.63, 3.8) is 0 Å². The van der Waals surface area contributed by atoms with Crippen LogP contribution in [0.2, 0.25) is 0 Å². The predicted octanol–water partition coefficient (Wildman–Crippen LogP) is 3.08. The molecule has 0 aliphatic rings. The molecule has 0 saturated heterocycles. The van der Waals surface area contributed by atoms with Crippen LogP contribution in [-0.4, -0.2) is 27.5 Å². The highest BCUT2D eigenvalue weighted by molar-refractivity contribution is 9.11. The predicted molar refractivity (Wildman–Crippen MR) is 86.1 cm³/mol. The monoisotopic (exact) mass is 375 g/mol. The fourth-order valence-corrected chi connectivity index (χ4v) is 5.23. The van der Waals surface area contributed by atoms with E-state index in [1.54, 1.807) is 25.3 Å². The number of rotatable bonds is 4. The number of nitrogens with zero attached hydrogens (tertiary/aromatic N) is 2. The lowest BCUT2D eigenvalue weighted by Crippen LogP contribution is -2.17. The molecule has 20 heavy (non-hydrogen) atoms. The maximum absolute atomic E-state index is 12.4. The minimum Gasteiger partial charge on any atom is -0.376 e. The third-order valence-electron chi connectivity index (χ3n) is 2.66. The topological polar surface area (TPSA) is 62.3 Å². The van der Waals surface area contributed by atoms with Crippen molar-refractivity contribution >= 4 is 48.7 Å². The molecule has 0 radical (unpaired) electrons. The first-order chi connectivity index (χ1) is 9.31. The van der Waals surface area contributed by atoms with Gasteiger partial charge in [0, 0.05) is 25.2 Å². The van der Waals surface area contributed by atoms with Crippen LogP contribution >= 0.6 is 27.3 Å².